The quantitative estimate of drug-likeness (QED) is 0.327. The van der Waals surface area contributed by atoms with Crippen LogP contribution in [0.4, 0.5) is 26.1 Å². The summed E-state index contributed by atoms with van der Waals surface area (Å²) in [6.07, 6.45) is -4.55. The summed E-state index contributed by atoms with van der Waals surface area (Å²) >= 11 is 0. The van der Waals surface area contributed by atoms with Gasteiger partial charge in [0.1, 0.15) is 6.61 Å². The number of hydrogen-bond donors (Lipinski definition) is 0. The van der Waals surface area contributed by atoms with Crippen LogP contribution in [-0.2, 0) is 4.74 Å². The molecular weight excluding hydrogens is 316 g/mol. The van der Waals surface area contributed by atoms with Crippen molar-refractivity contribution < 1.29 is 87.0 Å². The van der Waals surface area contributed by atoms with Gasteiger partial charge in [-0.2, -0.15) is 13.2 Å². The smallest absolute Gasteiger partial charge is 0.471 e. The Kier molecular flexibility index (Phi) is 8.15. The van der Waals surface area contributed by atoms with E-state index in [0.29, 0.717) is 5.56 Å². The van der Waals surface area contributed by atoms with Crippen molar-refractivity contribution in [3.8, 4) is 5.75 Å². The molecule has 0 bridgehead atoms. The number of aryl methyl sites for hydroxylation is 1. The summed E-state index contributed by atoms with van der Waals surface area (Å²) in [4.78, 5) is 0. The molecular formula is C10H10BF6KO2. The third-order valence-corrected chi connectivity index (χ3v) is 2.08. The first-order chi connectivity index (χ1) is 8.59. The second-order valence-corrected chi connectivity index (χ2v) is 3.84. The molecule has 2 nitrogen and oxygen atoms in total. The first-order valence-corrected chi connectivity index (χ1v) is 5.17. The number of ether oxygens (including phenoxy) is 2. The van der Waals surface area contributed by atoms with Crippen LogP contribution in [0.1, 0.15) is 5.56 Å². The number of rotatable bonds is 5. The topological polar surface area (TPSA) is 18.5 Å². The maximum atomic E-state index is 12.7. The van der Waals surface area contributed by atoms with E-state index in [9.17, 15) is 26.1 Å². The summed E-state index contributed by atoms with van der Waals surface area (Å²) in [5.74, 6) is -0.541. The van der Waals surface area contributed by atoms with E-state index in [1.807, 2.05) is 0 Å². The molecule has 20 heavy (non-hydrogen) atoms. The molecule has 108 valence electrons. The van der Waals surface area contributed by atoms with Crippen molar-refractivity contribution in [2.45, 2.75) is 13.1 Å². The molecule has 0 fully saturated rings. The van der Waals surface area contributed by atoms with Crippen molar-refractivity contribution in [3.05, 3.63) is 23.8 Å². The molecule has 0 radical (unpaired) electrons. The fraction of sp³-hybridized carbons (Fsp3) is 0.400. The van der Waals surface area contributed by atoms with Crippen LogP contribution < -0.4 is 61.6 Å². The number of hydrogen-bond acceptors (Lipinski definition) is 2. The molecule has 10 heteroatoms. The second kappa shape index (κ2) is 8.04. The molecule has 0 spiro atoms. The largest absolute Gasteiger partial charge is 1.00 e. The Morgan fingerprint density at radius 3 is 2.25 bits per heavy atom. The van der Waals surface area contributed by atoms with Gasteiger partial charge in [0.05, 0.1) is 5.75 Å². The minimum atomic E-state index is -5.31. The monoisotopic (exact) mass is 326 g/mol. The van der Waals surface area contributed by atoms with Gasteiger partial charge in [-0.15, -0.1) is 0 Å². The van der Waals surface area contributed by atoms with Crippen LogP contribution in [0.2, 0.25) is 0 Å². The summed E-state index contributed by atoms with van der Waals surface area (Å²) in [6.45, 7) is -6.32. The molecule has 1 aromatic rings. The summed E-state index contributed by atoms with van der Waals surface area (Å²) in [6, 6.07) is 3.29. The van der Waals surface area contributed by atoms with Crippen LogP contribution in [0, 0.1) is 6.92 Å². The molecule has 0 saturated heterocycles. The van der Waals surface area contributed by atoms with Gasteiger partial charge in [-0.3, -0.25) is 0 Å². The molecule has 0 aliphatic rings. The van der Waals surface area contributed by atoms with Crippen LogP contribution in [-0.4, -0.2) is 26.6 Å². The van der Waals surface area contributed by atoms with E-state index in [4.69, 9.17) is 0 Å². The molecule has 0 amide bonds. The fourth-order valence-corrected chi connectivity index (χ4v) is 1.32. The van der Waals surface area contributed by atoms with Crippen molar-refractivity contribution in [2.75, 3.05) is 13.4 Å². The van der Waals surface area contributed by atoms with Gasteiger partial charge in [-0.1, -0.05) is 23.2 Å². The van der Waals surface area contributed by atoms with Gasteiger partial charge in [-0.05, 0) is 13.0 Å². The predicted molar refractivity (Wildman–Crippen MR) is 57.4 cm³/mol. The van der Waals surface area contributed by atoms with Gasteiger partial charge in [0.15, 0.2) is 6.79 Å². The zero-order valence-corrected chi connectivity index (χ0v) is 13.9. The Morgan fingerprint density at radius 1 is 1.15 bits per heavy atom. The van der Waals surface area contributed by atoms with Gasteiger partial charge >= 0.3 is 64.5 Å². The van der Waals surface area contributed by atoms with Gasteiger partial charge in [0.2, 0.25) is 0 Å². The van der Waals surface area contributed by atoms with E-state index < -0.39 is 37.8 Å². The Hall–Kier alpha value is 0.261. The number of benzene rings is 1. The van der Waals surface area contributed by atoms with Crippen LogP contribution >= 0.6 is 0 Å². The first-order valence-electron chi connectivity index (χ1n) is 5.17. The average Bonchev–Trinajstić information content (AvgIpc) is 2.23. The standard InChI is InChI=1S/C10H10BF6O2.K/c1-7-2-3-9(8(4-7)11(15,16)17)19-6-18-5-10(12,13)14;/h2-4H,5-6H2,1H3;/q-1;+1. The van der Waals surface area contributed by atoms with E-state index >= 15 is 0 Å². The summed E-state index contributed by atoms with van der Waals surface area (Å²) in [5, 5.41) is 0. The van der Waals surface area contributed by atoms with Gasteiger partial charge in [-0.25, -0.2) is 0 Å². The van der Waals surface area contributed by atoms with E-state index in [-0.39, 0.29) is 51.4 Å². The van der Waals surface area contributed by atoms with Crippen LogP contribution in [0.25, 0.3) is 0 Å². The minimum absolute atomic E-state index is 0. The molecule has 0 heterocycles. The number of alkyl halides is 3. The normalized spacial score (nSPS) is 11.9. The zero-order valence-electron chi connectivity index (χ0n) is 10.8. The van der Waals surface area contributed by atoms with E-state index in [2.05, 4.69) is 9.47 Å². The third kappa shape index (κ3) is 7.32. The van der Waals surface area contributed by atoms with Gasteiger partial charge in [0.25, 0.3) is 0 Å². The maximum Gasteiger partial charge on any atom is 1.00 e. The summed E-state index contributed by atoms with van der Waals surface area (Å²) < 4.78 is 82.0. The SMILES string of the molecule is Cc1ccc(OCOCC(F)(F)F)c([B-](F)(F)F)c1.[K+]. The Bertz CT molecular complexity index is 435. The van der Waals surface area contributed by atoms with Gasteiger partial charge < -0.3 is 22.4 Å². The van der Waals surface area contributed by atoms with E-state index in [0.717, 1.165) is 12.1 Å². The third-order valence-electron chi connectivity index (χ3n) is 2.08. The second-order valence-electron chi connectivity index (χ2n) is 3.84. The van der Waals surface area contributed by atoms with Crippen LogP contribution in [0.3, 0.4) is 0 Å². The first kappa shape index (κ1) is 20.3. The average molecular weight is 326 g/mol. The molecule has 0 N–H and O–H groups in total. The van der Waals surface area contributed by atoms with Crippen molar-refractivity contribution in [1.29, 1.82) is 0 Å². The molecule has 0 aliphatic carbocycles. The van der Waals surface area contributed by atoms with E-state index in [1.54, 1.807) is 0 Å². The minimum Gasteiger partial charge on any atom is -0.471 e. The molecule has 0 aromatic heterocycles. The summed E-state index contributed by atoms with van der Waals surface area (Å²) in [5.41, 5.74) is -0.617. The van der Waals surface area contributed by atoms with Crippen molar-refractivity contribution >= 4 is 12.4 Å². The molecule has 0 aliphatic heterocycles. The molecule has 0 atom stereocenters. The molecule has 1 rings (SSSR count). The van der Waals surface area contributed by atoms with Crippen molar-refractivity contribution in [3.63, 3.8) is 0 Å². The van der Waals surface area contributed by atoms with Crippen molar-refractivity contribution in [1.82, 2.24) is 0 Å². The van der Waals surface area contributed by atoms with Crippen molar-refractivity contribution in [2.24, 2.45) is 0 Å². The van der Waals surface area contributed by atoms with Crippen LogP contribution in [0.15, 0.2) is 18.2 Å². The molecule has 1 aromatic carbocycles. The van der Waals surface area contributed by atoms with E-state index in [1.165, 1.54) is 13.0 Å². The Labute approximate surface area is 154 Å². The molecule has 0 unspecified atom stereocenters. The Balaban J connectivity index is 0.00000361. The number of halogens is 6. The molecule has 0 saturated carbocycles. The Morgan fingerprint density at radius 2 is 1.75 bits per heavy atom. The maximum absolute atomic E-state index is 12.7. The zero-order chi connectivity index (χ0) is 14.7. The predicted octanol–water partition coefficient (Wildman–Crippen LogP) is -0.0314. The summed E-state index contributed by atoms with van der Waals surface area (Å²) in [7, 11) is 0. The fourth-order valence-electron chi connectivity index (χ4n) is 1.32. The van der Waals surface area contributed by atoms with Gasteiger partial charge in [0, 0.05) is 0 Å². The van der Waals surface area contributed by atoms with Crippen LogP contribution in [0.5, 0.6) is 5.75 Å².